The van der Waals surface area contributed by atoms with Crippen LogP contribution in [0.1, 0.15) is 23.2 Å². The molecule has 3 aromatic rings. The summed E-state index contributed by atoms with van der Waals surface area (Å²) in [6.07, 6.45) is 3.61. The summed E-state index contributed by atoms with van der Waals surface area (Å²) in [6.45, 7) is 3.73. The van der Waals surface area contributed by atoms with Gasteiger partial charge < -0.3 is 19.9 Å². The number of amides is 2. The molecular formula is C29H32N6O5S. The van der Waals surface area contributed by atoms with Crippen LogP contribution in [-0.4, -0.2) is 96.8 Å². The van der Waals surface area contributed by atoms with E-state index in [0.717, 1.165) is 24.1 Å². The van der Waals surface area contributed by atoms with Crippen molar-refractivity contribution < 1.29 is 22.7 Å². The third-order valence-electron chi connectivity index (χ3n) is 7.61. The summed E-state index contributed by atoms with van der Waals surface area (Å²) < 4.78 is 32.5. The molecule has 3 heterocycles. The molecule has 0 unspecified atom stereocenters. The van der Waals surface area contributed by atoms with Crippen molar-refractivity contribution in [2.24, 2.45) is 5.92 Å². The summed E-state index contributed by atoms with van der Waals surface area (Å²) in [5, 5.41) is 3.17. The van der Waals surface area contributed by atoms with E-state index in [-0.39, 0.29) is 22.6 Å². The molecule has 214 valence electrons. The Morgan fingerprint density at radius 3 is 2.15 bits per heavy atom. The Bertz CT molecular complexity index is 1510. The molecule has 3 aliphatic rings. The first-order valence-electron chi connectivity index (χ1n) is 13.8. The van der Waals surface area contributed by atoms with E-state index in [1.807, 2.05) is 4.90 Å². The van der Waals surface area contributed by atoms with Crippen LogP contribution < -0.4 is 5.32 Å². The number of piperazine rings is 1. The number of rotatable bonds is 7. The minimum atomic E-state index is -3.57. The second-order valence-electron chi connectivity index (χ2n) is 10.4. The van der Waals surface area contributed by atoms with Crippen LogP contribution in [-0.2, 0) is 19.6 Å². The van der Waals surface area contributed by atoms with E-state index in [1.165, 1.54) is 4.31 Å². The van der Waals surface area contributed by atoms with Crippen LogP contribution in [0.5, 0.6) is 0 Å². The standard InChI is InChI=1S/C29H32N6O5S/c36-27(22-1-2-22)33-13-15-34(16-14-33)28(37)23-3-7-24(8-4-23)31-29-30-12-11-26(32-29)21-5-9-25(10-6-21)41(38,39)35-17-19-40-20-18-35/h3-12,22H,1-2,13-20H2,(H,30,31,32). The van der Waals surface area contributed by atoms with Crippen LogP contribution in [0.4, 0.5) is 11.6 Å². The molecular weight excluding hydrogens is 544 g/mol. The van der Waals surface area contributed by atoms with Crippen molar-refractivity contribution in [3.63, 3.8) is 0 Å². The number of nitrogens with zero attached hydrogens (tertiary/aromatic N) is 5. The van der Waals surface area contributed by atoms with Crippen LogP contribution >= 0.6 is 0 Å². The summed E-state index contributed by atoms with van der Waals surface area (Å²) in [4.78, 5) is 38.1. The number of hydrogen-bond donors (Lipinski definition) is 1. The lowest BCUT2D eigenvalue weighted by molar-refractivity contribution is -0.134. The van der Waals surface area contributed by atoms with Crippen molar-refractivity contribution >= 4 is 33.5 Å². The zero-order valence-electron chi connectivity index (χ0n) is 22.6. The maximum absolute atomic E-state index is 13.0. The number of hydrogen-bond acceptors (Lipinski definition) is 8. The molecule has 3 fully saturated rings. The number of sulfonamides is 1. The van der Waals surface area contributed by atoms with Gasteiger partial charge in [-0.05, 0) is 55.3 Å². The Balaban J connectivity index is 1.07. The molecule has 0 atom stereocenters. The van der Waals surface area contributed by atoms with Gasteiger partial charge in [-0.15, -0.1) is 0 Å². The molecule has 1 saturated carbocycles. The summed E-state index contributed by atoms with van der Waals surface area (Å²) in [5.74, 6) is 0.759. The van der Waals surface area contributed by atoms with Crippen molar-refractivity contribution in [2.75, 3.05) is 57.8 Å². The Labute approximate surface area is 239 Å². The van der Waals surface area contributed by atoms with Gasteiger partial charge in [0.25, 0.3) is 5.91 Å². The molecule has 0 spiro atoms. The zero-order chi connectivity index (χ0) is 28.4. The SMILES string of the molecule is O=C(c1ccc(Nc2nccc(-c3ccc(S(=O)(=O)N4CCOCC4)cc3)n2)cc1)N1CCN(C(=O)C2CC2)CC1. The molecule has 1 aromatic heterocycles. The molecule has 0 radical (unpaired) electrons. The molecule has 2 amide bonds. The molecule has 2 saturated heterocycles. The highest BCUT2D eigenvalue weighted by Crippen LogP contribution is 2.31. The van der Waals surface area contributed by atoms with E-state index in [4.69, 9.17) is 4.74 Å². The molecule has 2 aromatic carbocycles. The molecule has 1 N–H and O–H groups in total. The lowest BCUT2D eigenvalue weighted by Gasteiger charge is -2.35. The summed E-state index contributed by atoms with van der Waals surface area (Å²) in [6, 6.07) is 15.6. The lowest BCUT2D eigenvalue weighted by Crippen LogP contribution is -2.51. The van der Waals surface area contributed by atoms with Crippen LogP contribution in [0, 0.1) is 5.92 Å². The lowest BCUT2D eigenvalue weighted by atomic mass is 10.1. The molecule has 0 bridgehead atoms. The van der Waals surface area contributed by atoms with Gasteiger partial charge >= 0.3 is 0 Å². The number of ether oxygens (including phenoxy) is 1. The quantitative estimate of drug-likeness (QED) is 0.455. The first-order valence-corrected chi connectivity index (χ1v) is 15.3. The molecule has 2 aliphatic heterocycles. The van der Waals surface area contributed by atoms with Gasteiger partial charge in [0.15, 0.2) is 0 Å². The summed E-state index contributed by atoms with van der Waals surface area (Å²) in [7, 11) is -3.57. The number of benzene rings is 2. The molecule has 12 heteroatoms. The summed E-state index contributed by atoms with van der Waals surface area (Å²) >= 11 is 0. The minimum Gasteiger partial charge on any atom is -0.379 e. The van der Waals surface area contributed by atoms with Crippen molar-refractivity contribution in [3.05, 3.63) is 66.4 Å². The van der Waals surface area contributed by atoms with Gasteiger partial charge in [-0.2, -0.15) is 4.31 Å². The smallest absolute Gasteiger partial charge is 0.253 e. The molecule has 41 heavy (non-hydrogen) atoms. The maximum atomic E-state index is 13.0. The van der Waals surface area contributed by atoms with Crippen LogP contribution in [0.2, 0.25) is 0 Å². The molecule has 6 rings (SSSR count). The van der Waals surface area contributed by atoms with Gasteiger partial charge in [0.05, 0.1) is 23.8 Å². The van der Waals surface area contributed by atoms with Gasteiger partial charge in [-0.1, -0.05) is 12.1 Å². The Hall–Kier alpha value is -3.87. The van der Waals surface area contributed by atoms with E-state index in [0.29, 0.717) is 69.7 Å². The topological polar surface area (TPSA) is 125 Å². The Morgan fingerprint density at radius 1 is 0.829 bits per heavy atom. The summed E-state index contributed by atoms with van der Waals surface area (Å²) in [5.41, 5.74) is 2.71. The monoisotopic (exact) mass is 576 g/mol. The number of carbonyl (C=O) groups is 2. The number of anilines is 2. The van der Waals surface area contributed by atoms with Crippen LogP contribution in [0.3, 0.4) is 0 Å². The van der Waals surface area contributed by atoms with Crippen LogP contribution in [0.25, 0.3) is 11.3 Å². The fraction of sp³-hybridized carbons (Fsp3) is 0.379. The van der Waals surface area contributed by atoms with E-state index in [2.05, 4.69) is 15.3 Å². The van der Waals surface area contributed by atoms with Crippen molar-refractivity contribution in [3.8, 4) is 11.3 Å². The molecule has 1 aliphatic carbocycles. The first kappa shape index (κ1) is 27.3. The van der Waals surface area contributed by atoms with Crippen molar-refractivity contribution in [1.82, 2.24) is 24.1 Å². The number of nitrogens with one attached hydrogen (secondary N) is 1. The van der Waals surface area contributed by atoms with E-state index < -0.39 is 10.0 Å². The van der Waals surface area contributed by atoms with Crippen LogP contribution in [0.15, 0.2) is 65.7 Å². The zero-order valence-corrected chi connectivity index (χ0v) is 23.4. The third kappa shape index (κ3) is 6.09. The van der Waals surface area contributed by atoms with Gasteiger partial charge in [0.2, 0.25) is 21.9 Å². The highest BCUT2D eigenvalue weighted by Gasteiger charge is 2.35. The Kier molecular flexibility index (Phi) is 7.69. The normalized spacial score (nSPS) is 18.2. The fourth-order valence-corrected chi connectivity index (χ4v) is 6.45. The predicted octanol–water partition coefficient (Wildman–Crippen LogP) is 2.60. The van der Waals surface area contributed by atoms with E-state index in [9.17, 15) is 18.0 Å². The molecule has 11 nitrogen and oxygen atoms in total. The second-order valence-corrected chi connectivity index (χ2v) is 12.3. The number of aromatic nitrogens is 2. The maximum Gasteiger partial charge on any atom is 0.253 e. The highest BCUT2D eigenvalue weighted by molar-refractivity contribution is 7.89. The van der Waals surface area contributed by atoms with Crippen molar-refractivity contribution in [2.45, 2.75) is 17.7 Å². The second kappa shape index (κ2) is 11.6. The van der Waals surface area contributed by atoms with Gasteiger partial charge in [-0.25, -0.2) is 18.4 Å². The van der Waals surface area contributed by atoms with E-state index in [1.54, 1.807) is 65.7 Å². The average Bonchev–Trinajstić information content (AvgIpc) is 3.87. The largest absolute Gasteiger partial charge is 0.379 e. The minimum absolute atomic E-state index is 0.0487. The highest BCUT2D eigenvalue weighted by atomic mass is 32.2. The first-order chi connectivity index (χ1) is 19.9. The van der Waals surface area contributed by atoms with E-state index >= 15 is 0 Å². The van der Waals surface area contributed by atoms with Crippen molar-refractivity contribution in [1.29, 1.82) is 0 Å². The van der Waals surface area contributed by atoms with Gasteiger partial charge in [0, 0.05) is 68.2 Å². The average molecular weight is 577 g/mol. The predicted molar refractivity (Wildman–Crippen MR) is 152 cm³/mol. The van der Waals surface area contributed by atoms with Gasteiger partial charge in [0.1, 0.15) is 0 Å². The third-order valence-corrected chi connectivity index (χ3v) is 9.52. The Morgan fingerprint density at radius 2 is 1.49 bits per heavy atom. The van der Waals surface area contributed by atoms with Gasteiger partial charge in [-0.3, -0.25) is 9.59 Å². The number of carbonyl (C=O) groups excluding carboxylic acids is 2. The number of morpholine rings is 1. The fourth-order valence-electron chi connectivity index (χ4n) is 5.04.